The Morgan fingerprint density at radius 1 is 1.13 bits per heavy atom. The summed E-state index contributed by atoms with van der Waals surface area (Å²) in [5.41, 5.74) is 2.32. The van der Waals surface area contributed by atoms with E-state index in [0.717, 1.165) is 51.3 Å². The number of piperazine rings is 1. The van der Waals surface area contributed by atoms with Crippen LogP contribution in [0.15, 0.2) is 24.3 Å². The minimum absolute atomic E-state index is 0.141. The molecule has 1 aromatic carbocycles. The van der Waals surface area contributed by atoms with E-state index in [1.165, 1.54) is 5.56 Å². The van der Waals surface area contributed by atoms with Gasteiger partial charge in [0.25, 0.3) is 5.91 Å². The maximum Gasteiger partial charge on any atom is 0.256 e. The van der Waals surface area contributed by atoms with Crippen LogP contribution in [0.25, 0.3) is 0 Å². The van der Waals surface area contributed by atoms with E-state index in [1.54, 1.807) is 0 Å². The number of nitrogens with zero attached hydrogens (tertiary/aromatic N) is 3. The van der Waals surface area contributed by atoms with Crippen molar-refractivity contribution in [2.24, 2.45) is 0 Å². The monoisotopic (exact) mass is 315 g/mol. The minimum atomic E-state index is -0.395. The van der Waals surface area contributed by atoms with Crippen LogP contribution in [0, 0.1) is 0 Å². The SMILES string of the molecule is CN1CCN(C2CN(C(=O)C3OCCc4ccccc43)C2)CC1. The van der Waals surface area contributed by atoms with Gasteiger partial charge in [-0.2, -0.15) is 0 Å². The van der Waals surface area contributed by atoms with Crippen LogP contribution >= 0.6 is 0 Å². The lowest BCUT2D eigenvalue weighted by Crippen LogP contribution is -2.64. The van der Waals surface area contributed by atoms with Gasteiger partial charge in [0, 0.05) is 45.3 Å². The van der Waals surface area contributed by atoms with Gasteiger partial charge >= 0.3 is 0 Å². The molecule has 0 radical (unpaired) electrons. The fourth-order valence-corrected chi connectivity index (χ4v) is 3.82. The lowest BCUT2D eigenvalue weighted by molar-refractivity contribution is -0.153. The molecule has 0 N–H and O–H groups in total. The molecule has 5 nitrogen and oxygen atoms in total. The molecule has 3 heterocycles. The van der Waals surface area contributed by atoms with Gasteiger partial charge in [0.05, 0.1) is 6.61 Å². The smallest absolute Gasteiger partial charge is 0.256 e. The molecule has 2 saturated heterocycles. The van der Waals surface area contributed by atoms with Crippen molar-refractivity contribution < 1.29 is 9.53 Å². The lowest BCUT2D eigenvalue weighted by Gasteiger charge is -2.48. The summed E-state index contributed by atoms with van der Waals surface area (Å²) >= 11 is 0. The third-order valence-electron chi connectivity index (χ3n) is 5.45. The van der Waals surface area contributed by atoms with E-state index < -0.39 is 6.10 Å². The van der Waals surface area contributed by atoms with Crippen molar-refractivity contribution in [3.63, 3.8) is 0 Å². The molecule has 23 heavy (non-hydrogen) atoms. The first-order valence-corrected chi connectivity index (χ1v) is 8.63. The van der Waals surface area contributed by atoms with Gasteiger partial charge in [-0.05, 0) is 24.6 Å². The number of hydrogen-bond acceptors (Lipinski definition) is 4. The molecule has 0 aliphatic carbocycles. The lowest BCUT2D eigenvalue weighted by atomic mass is 9.95. The summed E-state index contributed by atoms with van der Waals surface area (Å²) in [7, 11) is 2.17. The number of hydrogen-bond donors (Lipinski definition) is 0. The van der Waals surface area contributed by atoms with Crippen molar-refractivity contribution in [1.29, 1.82) is 0 Å². The first-order valence-electron chi connectivity index (χ1n) is 8.63. The Kier molecular flexibility index (Phi) is 4.09. The van der Waals surface area contributed by atoms with Crippen LogP contribution in [-0.4, -0.2) is 79.6 Å². The fourth-order valence-electron chi connectivity index (χ4n) is 3.82. The van der Waals surface area contributed by atoms with Gasteiger partial charge in [-0.1, -0.05) is 24.3 Å². The summed E-state index contributed by atoms with van der Waals surface area (Å²) in [5.74, 6) is 0.141. The first-order chi connectivity index (χ1) is 11.2. The molecule has 2 fully saturated rings. The van der Waals surface area contributed by atoms with Gasteiger partial charge in [0.1, 0.15) is 0 Å². The summed E-state index contributed by atoms with van der Waals surface area (Å²) < 4.78 is 5.81. The molecule has 1 aromatic rings. The molecule has 1 unspecified atom stereocenters. The van der Waals surface area contributed by atoms with Crippen molar-refractivity contribution in [2.45, 2.75) is 18.6 Å². The van der Waals surface area contributed by atoms with Crippen molar-refractivity contribution in [2.75, 3.05) is 52.9 Å². The Hall–Kier alpha value is -1.43. The average Bonchev–Trinajstić information content (AvgIpc) is 2.54. The number of amides is 1. The third kappa shape index (κ3) is 2.89. The van der Waals surface area contributed by atoms with Gasteiger partial charge in [0.15, 0.2) is 6.10 Å². The Balaban J connectivity index is 1.37. The van der Waals surface area contributed by atoms with E-state index in [4.69, 9.17) is 4.74 Å². The highest BCUT2D eigenvalue weighted by Crippen LogP contribution is 2.30. The van der Waals surface area contributed by atoms with Crippen LogP contribution in [0.3, 0.4) is 0 Å². The molecule has 0 spiro atoms. The molecular weight excluding hydrogens is 290 g/mol. The van der Waals surface area contributed by atoms with E-state index in [-0.39, 0.29) is 5.91 Å². The molecule has 0 aromatic heterocycles. The Morgan fingerprint density at radius 3 is 2.65 bits per heavy atom. The van der Waals surface area contributed by atoms with Crippen LogP contribution in [0.5, 0.6) is 0 Å². The number of carbonyl (C=O) groups excluding carboxylic acids is 1. The highest BCUT2D eigenvalue weighted by molar-refractivity contribution is 5.83. The van der Waals surface area contributed by atoms with Crippen molar-refractivity contribution in [3.05, 3.63) is 35.4 Å². The van der Waals surface area contributed by atoms with Crippen LogP contribution in [-0.2, 0) is 16.0 Å². The van der Waals surface area contributed by atoms with Crippen LogP contribution in [0.4, 0.5) is 0 Å². The number of benzene rings is 1. The standard InChI is InChI=1S/C18H25N3O2/c1-19-7-9-20(10-8-19)15-12-21(13-15)18(22)17-16-5-3-2-4-14(16)6-11-23-17/h2-5,15,17H,6-13H2,1H3. The van der Waals surface area contributed by atoms with Crippen molar-refractivity contribution >= 4 is 5.91 Å². The van der Waals surface area contributed by atoms with E-state index in [0.29, 0.717) is 12.6 Å². The van der Waals surface area contributed by atoms with Crippen LogP contribution in [0.2, 0.25) is 0 Å². The normalized spacial score (nSPS) is 26.7. The zero-order chi connectivity index (χ0) is 15.8. The predicted molar refractivity (Wildman–Crippen MR) is 88.3 cm³/mol. The van der Waals surface area contributed by atoms with Gasteiger partial charge in [0.2, 0.25) is 0 Å². The zero-order valence-electron chi connectivity index (χ0n) is 13.8. The molecule has 3 aliphatic rings. The number of fused-ring (bicyclic) bond motifs is 1. The third-order valence-corrected chi connectivity index (χ3v) is 5.45. The number of ether oxygens (including phenoxy) is 1. The summed E-state index contributed by atoms with van der Waals surface area (Å²) in [6, 6.07) is 8.72. The Labute approximate surface area is 137 Å². The van der Waals surface area contributed by atoms with Crippen LogP contribution in [0.1, 0.15) is 17.2 Å². The second kappa shape index (κ2) is 6.23. The molecule has 1 amide bonds. The maximum absolute atomic E-state index is 12.8. The first kappa shape index (κ1) is 15.1. The molecule has 4 rings (SSSR count). The largest absolute Gasteiger partial charge is 0.363 e. The Bertz CT molecular complexity index is 577. The van der Waals surface area contributed by atoms with E-state index >= 15 is 0 Å². The van der Waals surface area contributed by atoms with Gasteiger partial charge < -0.3 is 14.5 Å². The van der Waals surface area contributed by atoms with E-state index in [9.17, 15) is 4.79 Å². The number of likely N-dealkylation sites (tertiary alicyclic amines) is 1. The van der Waals surface area contributed by atoms with Crippen LogP contribution < -0.4 is 0 Å². The topological polar surface area (TPSA) is 36.0 Å². The molecule has 1 atom stereocenters. The Morgan fingerprint density at radius 2 is 1.87 bits per heavy atom. The van der Waals surface area contributed by atoms with Gasteiger partial charge in [-0.25, -0.2) is 0 Å². The van der Waals surface area contributed by atoms with Gasteiger partial charge in [-0.15, -0.1) is 0 Å². The molecule has 5 heteroatoms. The summed E-state index contributed by atoms with van der Waals surface area (Å²) in [6.45, 7) is 6.84. The summed E-state index contributed by atoms with van der Waals surface area (Å²) in [4.78, 5) is 19.7. The fraction of sp³-hybridized carbons (Fsp3) is 0.611. The molecule has 124 valence electrons. The van der Waals surface area contributed by atoms with Crippen molar-refractivity contribution in [1.82, 2.24) is 14.7 Å². The highest BCUT2D eigenvalue weighted by atomic mass is 16.5. The van der Waals surface area contributed by atoms with Gasteiger partial charge in [-0.3, -0.25) is 9.69 Å². The molecular formula is C18H25N3O2. The quantitative estimate of drug-likeness (QED) is 0.807. The highest BCUT2D eigenvalue weighted by Gasteiger charge is 2.40. The zero-order valence-corrected chi connectivity index (χ0v) is 13.8. The summed E-state index contributed by atoms with van der Waals surface area (Å²) in [6.07, 6.45) is 0.512. The summed E-state index contributed by atoms with van der Waals surface area (Å²) in [5, 5.41) is 0. The number of carbonyl (C=O) groups is 1. The molecule has 0 bridgehead atoms. The number of rotatable bonds is 2. The number of likely N-dealkylation sites (N-methyl/N-ethyl adjacent to an activating group) is 1. The second-order valence-corrected chi connectivity index (χ2v) is 6.94. The van der Waals surface area contributed by atoms with E-state index in [1.807, 2.05) is 23.1 Å². The van der Waals surface area contributed by atoms with Crippen molar-refractivity contribution in [3.8, 4) is 0 Å². The maximum atomic E-state index is 12.8. The molecule has 3 aliphatic heterocycles. The predicted octanol–water partition coefficient (Wildman–Crippen LogP) is 0.759. The average molecular weight is 315 g/mol. The minimum Gasteiger partial charge on any atom is -0.363 e. The van der Waals surface area contributed by atoms with E-state index in [2.05, 4.69) is 22.9 Å². The second-order valence-electron chi connectivity index (χ2n) is 6.94. The molecule has 0 saturated carbocycles.